The van der Waals surface area contributed by atoms with Crippen molar-refractivity contribution in [2.24, 2.45) is 12.0 Å². The zero-order valence-corrected chi connectivity index (χ0v) is 17.6. The highest BCUT2D eigenvalue weighted by Crippen LogP contribution is 2.13. The number of rotatable bonds is 5. The van der Waals surface area contributed by atoms with Crippen LogP contribution in [0, 0.1) is 27.7 Å². The Morgan fingerprint density at radius 3 is 2.38 bits per heavy atom. The van der Waals surface area contributed by atoms with E-state index in [0.717, 1.165) is 40.9 Å². The molecule has 2 rings (SSSR count). The summed E-state index contributed by atoms with van der Waals surface area (Å²) >= 11 is 0. The van der Waals surface area contributed by atoms with Crippen LogP contribution in [0.2, 0.25) is 0 Å². The molecular weight excluding hydrogens is 419 g/mol. The maximum absolute atomic E-state index is 5.58. The van der Waals surface area contributed by atoms with Gasteiger partial charge in [-0.05, 0) is 34.6 Å². The van der Waals surface area contributed by atoms with Crippen molar-refractivity contribution in [1.29, 1.82) is 0 Å². The second-order valence-corrected chi connectivity index (χ2v) is 5.57. The smallest absolute Gasteiger partial charge is 0.214 e. The molecule has 134 valence electrons. The summed E-state index contributed by atoms with van der Waals surface area (Å²) in [5.41, 5.74) is 4.24. The first kappa shape index (κ1) is 20.5. The molecule has 24 heavy (non-hydrogen) atoms. The topological polar surface area (TPSA) is 80.3 Å². The lowest BCUT2D eigenvalue weighted by molar-refractivity contribution is 0.463. The minimum atomic E-state index is 0. The molecule has 2 heterocycles. The first-order valence-electron chi connectivity index (χ1n) is 7.86. The first-order valence-corrected chi connectivity index (χ1v) is 7.86. The summed E-state index contributed by atoms with van der Waals surface area (Å²) < 4.78 is 7.47. The Labute approximate surface area is 160 Å². The van der Waals surface area contributed by atoms with Gasteiger partial charge < -0.3 is 15.1 Å². The molecule has 0 aliphatic rings. The van der Waals surface area contributed by atoms with Gasteiger partial charge in [0.05, 0.1) is 24.5 Å². The van der Waals surface area contributed by atoms with Gasteiger partial charge in [-0.2, -0.15) is 5.10 Å². The molecule has 0 aliphatic heterocycles. The maximum Gasteiger partial charge on any atom is 0.214 e. The van der Waals surface area contributed by atoms with Crippen LogP contribution in [0.3, 0.4) is 0 Å². The van der Waals surface area contributed by atoms with Crippen LogP contribution < -0.4 is 10.6 Å². The van der Waals surface area contributed by atoms with E-state index in [0.29, 0.717) is 19.0 Å². The molecule has 0 radical (unpaired) electrons. The summed E-state index contributed by atoms with van der Waals surface area (Å²) in [5, 5.41) is 10.9. The molecule has 0 atom stereocenters. The van der Waals surface area contributed by atoms with Crippen molar-refractivity contribution >= 4 is 29.9 Å². The number of nitrogens with one attached hydrogen (secondary N) is 2. The third-order valence-corrected chi connectivity index (χ3v) is 3.88. The van der Waals surface area contributed by atoms with Crippen LogP contribution >= 0.6 is 24.0 Å². The third-order valence-electron chi connectivity index (χ3n) is 3.88. The average Bonchev–Trinajstić information content (AvgIpc) is 2.94. The monoisotopic (exact) mass is 446 g/mol. The summed E-state index contributed by atoms with van der Waals surface area (Å²) in [6, 6.07) is 0. The standard InChI is InChI=1S/C16H26N6O.HI/c1-7-17-16(19-9-15-20-10(2)13(5)23-15)18-8-14-11(3)21-22(6)12(14)4;/h7-9H2,1-6H3,(H2,17,18,19);1H. The van der Waals surface area contributed by atoms with E-state index in [4.69, 9.17) is 4.42 Å². The molecule has 0 saturated heterocycles. The fourth-order valence-electron chi connectivity index (χ4n) is 2.32. The van der Waals surface area contributed by atoms with Crippen LogP contribution in [0.25, 0.3) is 0 Å². The molecule has 0 unspecified atom stereocenters. The van der Waals surface area contributed by atoms with Gasteiger partial charge in [-0.25, -0.2) is 9.98 Å². The zero-order chi connectivity index (χ0) is 17.0. The Hall–Kier alpha value is -1.58. The zero-order valence-electron chi connectivity index (χ0n) is 15.2. The van der Waals surface area contributed by atoms with Crippen LogP contribution in [0.1, 0.15) is 41.2 Å². The Morgan fingerprint density at radius 1 is 1.17 bits per heavy atom. The minimum absolute atomic E-state index is 0. The number of aryl methyl sites for hydroxylation is 4. The lowest BCUT2D eigenvalue weighted by Crippen LogP contribution is -2.36. The molecule has 2 N–H and O–H groups in total. The van der Waals surface area contributed by atoms with E-state index < -0.39 is 0 Å². The van der Waals surface area contributed by atoms with Crippen molar-refractivity contribution < 1.29 is 4.42 Å². The van der Waals surface area contributed by atoms with E-state index in [1.807, 2.05) is 39.4 Å². The number of nitrogens with zero attached hydrogens (tertiary/aromatic N) is 4. The van der Waals surface area contributed by atoms with Crippen LogP contribution in [0.15, 0.2) is 9.41 Å². The summed E-state index contributed by atoms with van der Waals surface area (Å²) in [5.74, 6) is 2.26. The van der Waals surface area contributed by atoms with Gasteiger partial charge in [-0.1, -0.05) is 0 Å². The van der Waals surface area contributed by atoms with Crippen molar-refractivity contribution in [3.63, 3.8) is 0 Å². The minimum Gasteiger partial charge on any atom is -0.444 e. The highest BCUT2D eigenvalue weighted by atomic mass is 127. The predicted octanol–water partition coefficient (Wildman–Crippen LogP) is 2.52. The summed E-state index contributed by atoms with van der Waals surface area (Å²) in [7, 11) is 1.95. The predicted molar refractivity (Wildman–Crippen MR) is 106 cm³/mol. The molecule has 0 bridgehead atoms. The van der Waals surface area contributed by atoms with Crippen molar-refractivity contribution in [1.82, 2.24) is 25.4 Å². The van der Waals surface area contributed by atoms with Gasteiger partial charge in [0.2, 0.25) is 5.89 Å². The number of aromatic nitrogens is 3. The van der Waals surface area contributed by atoms with Crippen molar-refractivity contribution in [3.8, 4) is 0 Å². The Morgan fingerprint density at radius 2 is 1.88 bits per heavy atom. The fourth-order valence-corrected chi connectivity index (χ4v) is 2.32. The number of hydrogen-bond acceptors (Lipinski definition) is 4. The van der Waals surface area contributed by atoms with Gasteiger partial charge in [0.25, 0.3) is 0 Å². The molecule has 0 spiro atoms. The second kappa shape index (κ2) is 9.05. The molecule has 0 fully saturated rings. The van der Waals surface area contributed by atoms with E-state index in [9.17, 15) is 0 Å². The Kier molecular flexibility index (Phi) is 7.71. The van der Waals surface area contributed by atoms with Crippen molar-refractivity contribution in [2.75, 3.05) is 6.54 Å². The summed E-state index contributed by atoms with van der Waals surface area (Å²) in [6.45, 7) is 11.8. The lowest BCUT2D eigenvalue weighted by atomic mass is 10.2. The van der Waals surface area contributed by atoms with E-state index in [1.54, 1.807) is 0 Å². The Balaban J connectivity index is 0.00000288. The SMILES string of the molecule is CCNC(=NCc1c(C)nn(C)c1C)NCc1nc(C)c(C)o1.I. The van der Waals surface area contributed by atoms with E-state index in [1.165, 1.54) is 0 Å². The van der Waals surface area contributed by atoms with Crippen LogP contribution in [0.4, 0.5) is 0 Å². The molecule has 0 amide bonds. The lowest BCUT2D eigenvalue weighted by Gasteiger charge is -2.09. The normalized spacial score (nSPS) is 11.3. The third kappa shape index (κ3) is 4.96. The van der Waals surface area contributed by atoms with E-state index >= 15 is 0 Å². The quantitative estimate of drug-likeness (QED) is 0.419. The Bertz CT molecular complexity index is 684. The summed E-state index contributed by atoms with van der Waals surface area (Å²) in [6.07, 6.45) is 0. The molecule has 2 aromatic rings. The molecule has 7 nitrogen and oxygen atoms in total. The maximum atomic E-state index is 5.58. The van der Waals surface area contributed by atoms with Crippen LogP contribution in [-0.2, 0) is 20.1 Å². The van der Waals surface area contributed by atoms with Gasteiger partial charge in [-0.15, -0.1) is 24.0 Å². The van der Waals surface area contributed by atoms with Gasteiger partial charge in [0, 0.05) is 24.8 Å². The molecular formula is C16H27IN6O. The van der Waals surface area contributed by atoms with Gasteiger partial charge in [0.1, 0.15) is 5.76 Å². The highest BCUT2D eigenvalue weighted by molar-refractivity contribution is 14.0. The van der Waals surface area contributed by atoms with Crippen molar-refractivity contribution in [3.05, 3.63) is 34.3 Å². The average molecular weight is 446 g/mol. The van der Waals surface area contributed by atoms with Gasteiger partial charge in [-0.3, -0.25) is 4.68 Å². The largest absolute Gasteiger partial charge is 0.444 e. The fraction of sp³-hybridized carbons (Fsp3) is 0.562. The van der Waals surface area contributed by atoms with Crippen molar-refractivity contribution in [2.45, 2.75) is 47.7 Å². The summed E-state index contributed by atoms with van der Waals surface area (Å²) in [4.78, 5) is 9.00. The highest BCUT2D eigenvalue weighted by Gasteiger charge is 2.10. The molecule has 2 aromatic heterocycles. The molecule has 8 heteroatoms. The molecule has 0 aliphatic carbocycles. The number of aliphatic imine (C=N–C) groups is 1. The van der Waals surface area contributed by atoms with E-state index in [2.05, 4.69) is 32.6 Å². The number of hydrogen-bond donors (Lipinski definition) is 2. The number of guanidine groups is 1. The molecule has 0 saturated carbocycles. The van der Waals surface area contributed by atoms with Gasteiger partial charge >= 0.3 is 0 Å². The van der Waals surface area contributed by atoms with Crippen LogP contribution in [0.5, 0.6) is 0 Å². The van der Waals surface area contributed by atoms with E-state index in [-0.39, 0.29) is 24.0 Å². The van der Waals surface area contributed by atoms with Gasteiger partial charge in [0.15, 0.2) is 5.96 Å². The first-order chi connectivity index (χ1) is 10.9. The second-order valence-electron chi connectivity index (χ2n) is 5.57. The van der Waals surface area contributed by atoms with Crippen LogP contribution in [-0.4, -0.2) is 27.3 Å². The number of halogens is 1. The molecule has 0 aromatic carbocycles. The number of oxazole rings is 1.